The Kier molecular flexibility index (Phi) is 6.81. The third kappa shape index (κ3) is 4.73. The Balaban J connectivity index is 1.69. The minimum atomic E-state index is -0.997. The van der Waals surface area contributed by atoms with Crippen molar-refractivity contribution >= 4 is 16.7 Å². The molecule has 0 spiro atoms. The smallest absolute Gasteiger partial charge is 0.255 e. The molecule has 3 heterocycles. The number of hydrogen-bond donors (Lipinski definition) is 2. The summed E-state index contributed by atoms with van der Waals surface area (Å²) >= 11 is 0. The molecule has 1 aliphatic rings. The van der Waals surface area contributed by atoms with Crippen LogP contribution in [0.4, 0.5) is 5.82 Å². The first kappa shape index (κ1) is 24.3. The Morgan fingerprint density at radius 2 is 2.11 bits per heavy atom. The standard InChI is InChI=1S/C24H30N8O3/c1-25-24(8-11-30(2)3)14-20(35-5)18(13-21(24)32(33)34)28-22-12-16(6-10-27-22)23-17-15-26-9-7-19(17)31(4)29-23/h6-7,9-10,12-15,21,25H,8,11H2,1-5H3,(H,27,28). The van der Waals surface area contributed by atoms with Crippen molar-refractivity contribution in [3.05, 3.63) is 70.5 Å². The maximum atomic E-state index is 12.1. The van der Waals surface area contributed by atoms with Gasteiger partial charge in [-0.1, -0.05) is 0 Å². The predicted molar refractivity (Wildman–Crippen MR) is 134 cm³/mol. The first-order valence-electron chi connectivity index (χ1n) is 11.2. The van der Waals surface area contributed by atoms with Crippen molar-refractivity contribution < 1.29 is 9.66 Å². The lowest BCUT2D eigenvalue weighted by Crippen LogP contribution is -2.57. The molecule has 0 bridgehead atoms. The molecule has 2 atom stereocenters. The summed E-state index contributed by atoms with van der Waals surface area (Å²) < 4.78 is 7.45. The van der Waals surface area contributed by atoms with E-state index in [0.717, 1.165) is 22.2 Å². The third-order valence-corrected chi connectivity index (χ3v) is 6.34. The van der Waals surface area contributed by atoms with Gasteiger partial charge in [-0.3, -0.25) is 19.8 Å². The molecule has 3 aromatic rings. The summed E-state index contributed by atoms with van der Waals surface area (Å²) in [6.07, 6.45) is 9.12. The van der Waals surface area contributed by atoms with E-state index in [2.05, 4.69) is 25.7 Å². The Hall–Kier alpha value is -3.83. The number of ether oxygens (including phenoxy) is 1. The zero-order valence-corrected chi connectivity index (χ0v) is 20.5. The molecular formula is C24H30N8O3. The fourth-order valence-electron chi connectivity index (χ4n) is 4.39. The lowest BCUT2D eigenvalue weighted by molar-refractivity contribution is -0.519. The maximum absolute atomic E-state index is 12.1. The van der Waals surface area contributed by atoms with Gasteiger partial charge < -0.3 is 20.3 Å². The number of anilines is 1. The van der Waals surface area contributed by atoms with Crippen LogP contribution in [0.25, 0.3) is 22.2 Å². The number of methoxy groups -OCH3 is 1. The molecule has 11 nitrogen and oxygen atoms in total. The van der Waals surface area contributed by atoms with Crippen LogP contribution in [0.5, 0.6) is 0 Å². The summed E-state index contributed by atoms with van der Waals surface area (Å²) in [6, 6.07) is 4.64. The Morgan fingerprint density at radius 1 is 1.31 bits per heavy atom. The van der Waals surface area contributed by atoms with Crippen LogP contribution in [0.1, 0.15) is 6.42 Å². The van der Waals surface area contributed by atoms with Crippen molar-refractivity contribution in [3.63, 3.8) is 0 Å². The number of rotatable bonds is 9. The summed E-state index contributed by atoms with van der Waals surface area (Å²) in [5.41, 5.74) is 2.20. The average molecular weight is 479 g/mol. The van der Waals surface area contributed by atoms with Crippen molar-refractivity contribution in [1.29, 1.82) is 0 Å². The van der Waals surface area contributed by atoms with Crippen molar-refractivity contribution in [1.82, 2.24) is 30.0 Å². The number of aryl methyl sites for hydroxylation is 1. The van der Waals surface area contributed by atoms with Crippen LogP contribution in [-0.2, 0) is 11.8 Å². The number of nitro groups is 1. The molecule has 184 valence electrons. The van der Waals surface area contributed by atoms with Crippen molar-refractivity contribution in [3.8, 4) is 11.3 Å². The van der Waals surface area contributed by atoms with E-state index in [0.29, 0.717) is 30.2 Å². The zero-order chi connectivity index (χ0) is 25.2. The van der Waals surface area contributed by atoms with Gasteiger partial charge in [-0.05, 0) is 58.4 Å². The fourth-order valence-corrected chi connectivity index (χ4v) is 4.39. The first-order valence-corrected chi connectivity index (χ1v) is 11.2. The minimum absolute atomic E-state index is 0.270. The third-order valence-electron chi connectivity index (χ3n) is 6.34. The van der Waals surface area contributed by atoms with Gasteiger partial charge in [0.05, 0.1) is 18.3 Å². The molecule has 0 fully saturated rings. The van der Waals surface area contributed by atoms with Gasteiger partial charge in [-0.2, -0.15) is 5.10 Å². The van der Waals surface area contributed by atoms with Gasteiger partial charge in [0.2, 0.25) is 0 Å². The number of aromatic nitrogens is 4. The Labute approximate surface area is 203 Å². The number of nitrogens with zero attached hydrogens (tertiary/aromatic N) is 6. The van der Waals surface area contributed by atoms with Crippen LogP contribution in [0, 0.1) is 10.1 Å². The average Bonchev–Trinajstić information content (AvgIpc) is 3.19. The second-order valence-electron chi connectivity index (χ2n) is 8.79. The first-order chi connectivity index (χ1) is 16.8. The zero-order valence-electron chi connectivity index (χ0n) is 20.5. The van der Waals surface area contributed by atoms with Gasteiger partial charge in [-0.25, -0.2) is 4.98 Å². The van der Waals surface area contributed by atoms with Crippen molar-refractivity contribution in [2.75, 3.05) is 40.1 Å². The van der Waals surface area contributed by atoms with Crippen LogP contribution in [-0.4, -0.2) is 75.9 Å². The molecule has 4 rings (SSSR count). The van der Waals surface area contributed by atoms with E-state index >= 15 is 0 Å². The maximum Gasteiger partial charge on any atom is 0.255 e. The van der Waals surface area contributed by atoms with Crippen LogP contribution < -0.4 is 10.6 Å². The fraction of sp³-hybridized carbons (Fsp3) is 0.375. The van der Waals surface area contributed by atoms with Gasteiger partial charge in [0.15, 0.2) is 0 Å². The quantitative estimate of drug-likeness (QED) is 0.352. The van der Waals surface area contributed by atoms with E-state index in [1.165, 1.54) is 0 Å². The number of nitrogens with one attached hydrogen (secondary N) is 2. The molecular weight excluding hydrogens is 448 g/mol. The molecule has 0 amide bonds. The number of likely N-dealkylation sites (N-methyl/N-ethyl adjacent to an activating group) is 1. The molecule has 3 aromatic heterocycles. The van der Waals surface area contributed by atoms with Gasteiger partial charge in [-0.15, -0.1) is 0 Å². The predicted octanol–water partition coefficient (Wildman–Crippen LogP) is 2.43. The van der Waals surface area contributed by atoms with E-state index in [1.54, 1.807) is 44.9 Å². The topological polar surface area (TPSA) is 123 Å². The molecule has 2 unspecified atom stereocenters. The van der Waals surface area contributed by atoms with Gasteiger partial charge in [0.1, 0.15) is 22.8 Å². The highest BCUT2D eigenvalue weighted by atomic mass is 16.6. The van der Waals surface area contributed by atoms with E-state index in [-0.39, 0.29) is 4.92 Å². The van der Waals surface area contributed by atoms with Gasteiger partial charge in [0, 0.05) is 47.6 Å². The second-order valence-corrected chi connectivity index (χ2v) is 8.79. The van der Waals surface area contributed by atoms with Crippen molar-refractivity contribution in [2.24, 2.45) is 7.05 Å². The molecule has 0 radical (unpaired) electrons. The molecule has 0 saturated carbocycles. The Bertz CT molecular complexity index is 1300. The molecule has 2 N–H and O–H groups in total. The van der Waals surface area contributed by atoms with Crippen molar-refractivity contribution in [2.45, 2.75) is 18.0 Å². The summed E-state index contributed by atoms with van der Waals surface area (Å²) in [7, 11) is 9.06. The lowest BCUT2D eigenvalue weighted by atomic mass is 9.81. The minimum Gasteiger partial charge on any atom is -0.495 e. The molecule has 0 aliphatic heterocycles. The van der Waals surface area contributed by atoms with Gasteiger partial charge in [0.25, 0.3) is 6.04 Å². The summed E-state index contributed by atoms with van der Waals surface area (Å²) in [6.45, 7) is 0.672. The summed E-state index contributed by atoms with van der Waals surface area (Å²) in [5, 5.41) is 24.1. The highest BCUT2D eigenvalue weighted by Crippen LogP contribution is 2.33. The molecule has 11 heteroatoms. The number of fused-ring (bicyclic) bond motifs is 1. The normalized spacial score (nSPS) is 20.0. The number of hydrogen-bond acceptors (Lipinski definition) is 9. The van der Waals surface area contributed by atoms with Crippen LogP contribution in [0.3, 0.4) is 0 Å². The van der Waals surface area contributed by atoms with E-state index in [9.17, 15) is 10.1 Å². The summed E-state index contributed by atoms with van der Waals surface area (Å²) in [5.74, 6) is 1.03. The highest BCUT2D eigenvalue weighted by Gasteiger charge is 2.46. The lowest BCUT2D eigenvalue weighted by Gasteiger charge is -2.36. The van der Waals surface area contributed by atoms with Crippen LogP contribution in [0.2, 0.25) is 0 Å². The molecule has 35 heavy (non-hydrogen) atoms. The van der Waals surface area contributed by atoms with Gasteiger partial charge >= 0.3 is 0 Å². The van der Waals surface area contributed by atoms with Crippen LogP contribution in [0.15, 0.2) is 60.4 Å². The molecule has 0 saturated heterocycles. The molecule has 0 aromatic carbocycles. The van der Waals surface area contributed by atoms with E-state index in [4.69, 9.17) is 4.74 Å². The van der Waals surface area contributed by atoms with Crippen LogP contribution >= 0.6 is 0 Å². The second kappa shape index (κ2) is 9.80. The number of pyridine rings is 2. The summed E-state index contributed by atoms with van der Waals surface area (Å²) in [4.78, 5) is 22.5. The Morgan fingerprint density at radius 3 is 2.80 bits per heavy atom. The molecule has 1 aliphatic carbocycles. The largest absolute Gasteiger partial charge is 0.495 e. The highest BCUT2D eigenvalue weighted by molar-refractivity contribution is 5.92. The SMILES string of the molecule is CNC1(CCN(C)C)C=C(OC)C(Nc2cc(-c3nn(C)c4ccncc34)ccn2)=CC1[N+](=O)[O-]. The van der Waals surface area contributed by atoms with E-state index < -0.39 is 11.6 Å². The monoisotopic (exact) mass is 478 g/mol. The van der Waals surface area contributed by atoms with E-state index in [1.807, 2.05) is 48.9 Å².